The minimum atomic E-state index is -2.61. The summed E-state index contributed by atoms with van der Waals surface area (Å²) in [4.78, 5) is 11.4. The van der Waals surface area contributed by atoms with Crippen molar-refractivity contribution in [1.82, 2.24) is 10.6 Å². The van der Waals surface area contributed by atoms with E-state index in [1.807, 2.05) is 5.32 Å². The molecule has 0 saturated carbocycles. The Balaban J connectivity index is 2.02. The molecule has 104 valence electrons. The minimum absolute atomic E-state index is 0.132. The van der Waals surface area contributed by atoms with Crippen molar-refractivity contribution >= 4 is 22.0 Å². The van der Waals surface area contributed by atoms with Crippen LogP contribution in [0.4, 0.5) is 18.0 Å². The summed E-state index contributed by atoms with van der Waals surface area (Å²) in [5.74, 6) is -0.138. The van der Waals surface area contributed by atoms with E-state index in [9.17, 15) is 18.0 Å². The van der Waals surface area contributed by atoms with Gasteiger partial charge in [0.2, 0.25) is 0 Å². The van der Waals surface area contributed by atoms with Gasteiger partial charge in [-0.1, -0.05) is 0 Å². The first-order valence-electron chi connectivity index (χ1n) is 5.41. The highest BCUT2D eigenvalue weighted by atomic mass is 79.9. The highest BCUT2D eigenvalue weighted by molar-refractivity contribution is 9.10. The number of amides is 2. The molecule has 0 spiro atoms. The Morgan fingerprint density at radius 3 is 2.95 bits per heavy atom. The standard InChI is InChI=1S/C11H10BrF3N2O2/c12-6-1-5-8(4-19-9(5)2-7(6)13)17-11(18)16-3-10(14)15/h1-2,8,10H,3-4H2,(H2,16,17,18)/t8-/m1/s1. The smallest absolute Gasteiger partial charge is 0.315 e. The molecule has 2 amide bonds. The lowest BCUT2D eigenvalue weighted by Gasteiger charge is -2.12. The highest BCUT2D eigenvalue weighted by Crippen LogP contribution is 2.35. The van der Waals surface area contributed by atoms with Crippen molar-refractivity contribution in [2.45, 2.75) is 12.5 Å². The molecule has 2 N–H and O–H groups in total. The van der Waals surface area contributed by atoms with E-state index >= 15 is 0 Å². The van der Waals surface area contributed by atoms with Gasteiger partial charge in [-0.2, -0.15) is 0 Å². The molecule has 0 radical (unpaired) electrons. The average molecular weight is 339 g/mol. The Morgan fingerprint density at radius 2 is 2.26 bits per heavy atom. The van der Waals surface area contributed by atoms with Gasteiger partial charge in [-0.05, 0) is 22.0 Å². The van der Waals surface area contributed by atoms with Crippen molar-refractivity contribution in [3.8, 4) is 5.75 Å². The summed E-state index contributed by atoms with van der Waals surface area (Å²) in [6.07, 6.45) is -2.61. The van der Waals surface area contributed by atoms with Crippen LogP contribution in [-0.4, -0.2) is 25.6 Å². The lowest BCUT2D eigenvalue weighted by atomic mass is 10.1. The van der Waals surface area contributed by atoms with Gasteiger partial charge in [-0.15, -0.1) is 0 Å². The summed E-state index contributed by atoms with van der Waals surface area (Å²) in [5.41, 5.74) is 0.598. The Hall–Kier alpha value is -1.44. The number of urea groups is 1. The van der Waals surface area contributed by atoms with Crippen LogP contribution < -0.4 is 15.4 Å². The molecule has 1 aromatic rings. The van der Waals surface area contributed by atoms with Crippen LogP contribution in [0.5, 0.6) is 5.75 Å². The normalized spacial score (nSPS) is 17.0. The molecule has 8 heteroatoms. The number of carbonyl (C=O) groups is 1. The zero-order valence-electron chi connectivity index (χ0n) is 9.55. The molecule has 1 aliphatic heterocycles. The van der Waals surface area contributed by atoms with Gasteiger partial charge in [0.1, 0.15) is 18.2 Å². The molecule has 0 unspecified atom stereocenters. The average Bonchev–Trinajstić information content (AvgIpc) is 2.70. The molecule has 0 bridgehead atoms. The number of halogens is 4. The third-order valence-electron chi connectivity index (χ3n) is 2.56. The maximum atomic E-state index is 13.3. The Kier molecular flexibility index (Phi) is 4.18. The second-order valence-electron chi connectivity index (χ2n) is 3.91. The van der Waals surface area contributed by atoms with Crippen LogP contribution in [0.2, 0.25) is 0 Å². The van der Waals surface area contributed by atoms with Crippen molar-refractivity contribution in [3.63, 3.8) is 0 Å². The van der Waals surface area contributed by atoms with Crippen LogP contribution in [-0.2, 0) is 0 Å². The fourth-order valence-electron chi connectivity index (χ4n) is 1.70. The van der Waals surface area contributed by atoms with Gasteiger partial charge < -0.3 is 15.4 Å². The van der Waals surface area contributed by atoms with Gasteiger partial charge in [0.25, 0.3) is 6.43 Å². The molecule has 4 nitrogen and oxygen atoms in total. The minimum Gasteiger partial charge on any atom is -0.491 e. The molecular weight excluding hydrogens is 329 g/mol. The second-order valence-corrected chi connectivity index (χ2v) is 4.77. The van der Waals surface area contributed by atoms with Crippen molar-refractivity contribution in [2.75, 3.05) is 13.2 Å². The zero-order chi connectivity index (χ0) is 14.0. The first-order chi connectivity index (χ1) is 8.97. The van der Waals surface area contributed by atoms with Crippen LogP contribution >= 0.6 is 15.9 Å². The number of ether oxygens (including phenoxy) is 1. The summed E-state index contributed by atoms with van der Waals surface area (Å²) >= 11 is 3.03. The van der Waals surface area contributed by atoms with Crippen LogP contribution in [0.15, 0.2) is 16.6 Å². The van der Waals surface area contributed by atoms with Gasteiger partial charge in [0.05, 0.1) is 17.1 Å². The topological polar surface area (TPSA) is 50.4 Å². The Labute approximate surface area is 115 Å². The maximum absolute atomic E-state index is 13.3. The number of fused-ring (bicyclic) bond motifs is 1. The highest BCUT2D eigenvalue weighted by Gasteiger charge is 2.27. The summed E-state index contributed by atoms with van der Waals surface area (Å²) in [6.45, 7) is -0.591. The van der Waals surface area contributed by atoms with E-state index in [4.69, 9.17) is 4.74 Å². The summed E-state index contributed by atoms with van der Waals surface area (Å²) < 4.78 is 42.6. The molecule has 1 aliphatic rings. The van der Waals surface area contributed by atoms with E-state index < -0.39 is 30.9 Å². The predicted octanol–water partition coefficient (Wildman–Crippen LogP) is 2.59. The molecule has 0 fully saturated rings. The first-order valence-corrected chi connectivity index (χ1v) is 6.21. The zero-order valence-corrected chi connectivity index (χ0v) is 11.1. The van der Waals surface area contributed by atoms with Crippen LogP contribution in [0.1, 0.15) is 11.6 Å². The fraction of sp³-hybridized carbons (Fsp3) is 0.364. The number of nitrogens with one attached hydrogen (secondary N) is 2. The van der Waals surface area contributed by atoms with Gasteiger partial charge in [0, 0.05) is 11.6 Å². The van der Waals surface area contributed by atoms with E-state index in [1.54, 1.807) is 0 Å². The number of hydrogen-bond donors (Lipinski definition) is 2. The summed E-state index contributed by atoms with van der Waals surface area (Å²) in [7, 11) is 0. The lowest BCUT2D eigenvalue weighted by molar-refractivity contribution is 0.145. The molecule has 1 heterocycles. The van der Waals surface area contributed by atoms with Crippen molar-refractivity contribution in [3.05, 3.63) is 28.0 Å². The molecule has 1 aromatic carbocycles. The van der Waals surface area contributed by atoms with E-state index in [0.717, 1.165) is 0 Å². The van der Waals surface area contributed by atoms with E-state index in [-0.39, 0.29) is 11.1 Å². The number of carbonyl (C=O) groups excluding carboxylic acids is 1. The number of alkyl halides is 2. The lowest BCUT2D eigenvalue weighted by Crippen LogP contribution is -2.40. The fourth-order valence-corrected chi connectivity index (χ4v) is 2.06. The third-order valence-corrected chi connectivity index (χ3v) is 3.16. The SMILES string of the molecule is O=C(NCC(F)F)N[C@@H]1COc2cc(F)c(Br)cc21. The van der Waals surface area contributed by atoms with E-state index in [2.05, 4.69) is 21.2 Å². The summed E-state index contributed by atoms with van der Waals surface area (Å²) in [5, 5.41) is 4.51. The molecule has 0 aliphatic carbocycles. The molecule has 0 aromatic heterocycles. The van der Waals surface area contributed by atoms with Crippen LogP contribution in [0, 0.1) is 5.82 Å². The van der Waals surface area contributed by atoms with Crippen molar-refractivity contribution in [2.24, 2.45) is 0 Å². The quantitative estimate of drug-likeness (QED) is 0.889. The van der Waals surface area contributed by atoms with Gasteiger partial charge in [0.15, 0.2) is 0 Å². The van der Waals surface area contributed by atoms with Crippen molar-refractivity contribution in [1.29, 1.82) is 0 Å². The van der Waals surface area contributed by atoms with E-state index in [0.29, 0.717) is 11.3 Å². The summed E-state index contributed by atoms with van der Waals surface area (Å²) in [6, 6.07) is 1.49. The van der Waals surface area contributed by atoms with Crippen LogP contribution in [0.3, 0.4) is 0 Å². The van der Waals surface area contributed by atoms with E-state index in [1.165, 1.54) is 12.1 Å². The van der Waals surface area contributed by atoms with Gasteiger partial charge in [-0.25, -0.2) is 18.0 Å². The Bertz CT molecular complexity index is 499. The number of hydrogen-bond acceptors (Lipinski definition) is 2. The monoisotopic (exact) mass is 338 g/mol. The van der Waals surface area contributed by atoms with Gasteiger partial charge >= 0.3 is 6.03 Å². The van der Waals surface area contributed by atoms with Gasteiger partial charge in [-0.3, -0.25) is 0 Å². The molecule has 1 atom stereocenters. The second kappa shape index (κ2) is 5.68. The predicted molar refractivity (Wildman–Crippen MR) is 64.9 cm³/mol. The number of benzene rings is 1. The van der Waals surface area contributed by atoms with Crippen molar-refractivity contribution < 1.29 is 22.7 Å². The van der Waals surface area contributed by atoms with Crippen LogP contribution in [0.25, 0.3) is 0 Å². The first kappa shape index (κ1) is 14.0. The molecule has 0 saturated heterocycles. The Morgan fingerprint density at radius 1 is 1.53 bits per heavy atom. The molecular formula is C11H10BrF3N2O2. The molecule has 19 heavy (non-hydrogen) atoms. The largest absolute Gasteiger partial charge is 0.491 e. The molecule has 2 rings (SSSR count). The maximum Gasteiger partial charge on any atom is 0.315 e. The number of rotatable bonds is 3. The third kappa shape index (κ3) is 3.31.